The lowest BCUT2D eigenvalue weighted by molar-refractivity contribution is 0.102. The van der Waals surface area contributed by atoms with Crippen molar-refractivity contribution in [1.29, 1.82) is 0 Å². The van der Waals surface area contributed by atoms with E-state index in [1.54, 1.807) is 13.8 Å². The summed E-state index contributed by atoms with van der Waals surface area (Å²) in [6.07, 6.45) is -3.88. The van der Waals surface area contributed by atoms with Crippen molar-refractivity contribution >= 4 is 292 Å². The highest BCUT2D eigenvalue weighted by Crippen LogP contribution is 2.45. The fraction of sp³-hybridized carbons (Fsp3) is 0.126. The maximum Gasteiger partial charge on any atom is 0.197 e. The number of fused-ring (bicyclic) bond motifs is 6. The van der Waals surface area contributed by atoms with E-state index in [4.69, 9.17) is 62.1 Å². The molecule has 0 aliphatic heterocycles. The van der Waals surface area contributed by atoms with Crippen LogP contribution in [0.2, 0.25) is 0 Å². The molecule has 0 fully saturated rings. The molecule has 0 saturated carbocycles. The molecule has 8 N–H and O–H groups in total. The van der Waals surface area contributed by atoms with E-state index in [1.807, 2.05) is 69.3 Å². The first-order valence-electron chi connectivity index (χ1n) is 51.8. The van der Waals surface area contributed by atoms with E-state index in [1.165, 1.54) is 18.2 Å². The van der Waals surface area contributed by atoms with Crippen LogP contribution in [-0.4, -0.2) is 75.6 Å². The number of rotatable bonds is 18. The molecule has 2 unspecified atom stereocenters. The Morgan fingerprint density at radius 3 is 0.785 bits per heavy atom. The van der Waals surface area contributed by atoms with Crippen molar-refractivity contribution in [3.8, 4) is 34.5 Å². The number of phenols is 6. The quantitative estimate of drug-likeness (QED) is 0.0370. The second kappa shape index (κ2) is 44.5. The SMILES string of the molecule is [2H]c1c(Br)c(O)c(Br)c([2H])c1C(=O)c1c(C([2H])(C)O)oc2c([2H])c([2H])c([2H])c([2H])c12.[2H]c1c(Br)c(O)c(Br)c([2H])c1C(=O)c1c(CC)oc2c([2H])c([2H])c([2H])c([2H])c12.[2H]c1c(C(=O)c2c(C(C)C)oc3ccccc23)cc(Br)c(O)c1Br.[2H]c1c(C(=O)c2c(C([2H])(C)O)oc3c([2H])c([2H])c([2H])c([2H])c23)cc(Br)c(O)c1Br.[2H]c1c(C(=O)c2c(CC)oc3c([2H])c([2H])c([2H])c([2H])c23)cc(Br)c(O)c1Br.[2H]c1c(C(=O)c2c(CC)oc3ccccc23)cc(Br)c(O)c1Br. The van der Waals surface area contributed by atoms with Crippen LogP contribution in [0.15, 0.2) is 298 Å². The van der Waals surface area contributed by atoms with E-state index in [2.05, 4.69) is 191 Å². The van der Waals surface area contributed by atoms with Gasteiger partial charge < -0.3 is 67.4 Å². The van der Waals surface area contributed by atoms with Gasteiger partial charge in [-0.15, -0.1) is 0 Å². The van der Waals surface area contributed by atoms with Gasteiger partial charge in [0.25, 0.3) is 0 Å². The number of aromatic hydroxyl groups is 6. The summed E-state index contributed by atoms with van der Waals surface area (Å²) in [7, 11) is 0. The molecule has 6 aromatic heterocycles. The monoisotopic (exact) mass is 2600 g/mol. The van der Waals surface area contributed by atoms with Crippen LogP contribution < -0.4 is 0 Å². The molecule has 12 aromatic carbocycles. The molecule has 20 nitrogen and oxygen atoms in total. The average Bonchev–Trinajstić information content (AvgIpc) is 1.59. The summed E-state index contributed by atoms with van der Waals surface area (Å²) in [4.78, 5) is 79.6. The van der Waals surface area contributed by atoms with Crippen LogP contribution in [0.3, 0.4) is 0 Å². The summed E-state index contributed by atoms with van der Waals surface area (Å²) in [5, 5.41) is 80.6. The van der Waals surface area contributed by atoms with E-state index in [0.717, 1.165) is 30.7 Å². The third-order valence-corrected chi connectivity index (χ3v) is 26.3. The Morgan fingerprint density at radius 2 is 0.489 bits per heavy atom. The van der Waals surface area contributed by atoms with Crippen LogP contribution in [0.1, 0.15) is 232 Å². The van der Waals surface area contributed by atoms with Crippen LogP contribution in [0.4, 0.5) is 0 Å². The van der Waals surface area contributed by atoms with Gasteiger partial charge in [-0.1, -0.05) is 144 Å². The Hall–Kier alpha value is -9.62. The van der Waals surface area contributed by atoms with Crippen molar-refractivity contribution in [3.05, 3.63) is 373 Å². The third-order valence-electron chi connectivity index (χ3n) is 19.3. The summed E-state index contributed by atoms with van der Waals surface area (Å²) in [5.74, 6) is -5.28. The minimum atomic E-state index is -2.51. The first kappa shape index (κ1) is 72.7. The van der Waals surface area contributed by atoms with Gasteiger partial charge in [-0.3, -0.25) is 28.8 Å². The molecule has 0 radical (unpaired) electrons. The minimum Gasteiger partial charge on any atom is -0.506 e. The Balaban J connectivity index is 0.000000160. The number of benzene rings is 12. The number of furan rings is 6. The van der Waals surface area contributed by atoms with Gasteiger partial charge in [0, 0.05) is 90.9 Å². The first-order valence-corrected chi connectivity index (χ1v) is 48.3. The fourth-order valence-corrected chi connectivity index (χ4v) is 19.7. The summed E-state index contributed by atoms with van der Waals surface area (Å²) < 4.78 is 243. The average molecular weight is 2620 g/mol. The van der Waals surface area contributed by atoms with E-state index in [0.29, 0.717) is 49.2 Å². The standard InChI is InChI=1S/C18H14Br2O3.2C17H12Br2O4.3C17H12Br2O3/c1-9(2)18-15(11-5-3-4-6-14(11)23-18)16(21)10-7-12(19)17(22)13(20)8-10;2*1-8(20)17-14(10-4-2-3-5-13(10)23-17)15(21)9-6-11(18)16(22)12(19)7-9;3*1-2-13-15(10-5-3-4-6-14(10)22-13)16(20)9-7-11(18)17(21)12(19)8-9/h3-9,22H,1-2H3;2*2-8,20,22H,1H3;3*3-8,21H,2H2,1H3/i7D;2D,3D,4D,5D,6D,7D,8D;2D,3D,4D,5D,6D,8D;3D,4D,5D,6D,7D,8D;3D,4D,5D,6D,7D;7D. The zero-order chi connectivity index (χ0) is 120. The Kier molecular flexibility index (Phi) is 23.9. The third kappa shape index (κ3) is 22.1. The fourth-order valence-electron chi connectivity index (χ4n) is 13.1. The van der Waals surface area contributed by atoms with Gasteiger partial charge in [-0.2, -0.15) is 0 Å². The molecule has 690 valence electrons. The van der Waals surface area contributed by atoms with Crippen LogP contribution in [-0.2, 0) is 19.3 Å². The number of para-hydroxylation sites is 6. The van der Waals surface area contributed by atoms with Crippen molar-refractivity contribution in [3.63, 3.8) is 0 Å². The molecule has 6 heterocycles. The molecule has 135 heavy (non-hydrogen) atoms. The largest absolute Gasteiger partial charge is 0.506 e. The van der Waals surface area contributed by atoms with Gasteiger partial charge in [0.2, 0.25) is 0 Å². The summed E-state index contributed by atoms with van der Waals surface area (Å²) in [6.45, 7) is 11.2. The van der Waals surface area contributed by atoms with Crippen LogP contribution >= 0.6 is 191 Å². The Bertz CT molecular complexity index is 9300. The van der Waals surface area contributed by atoms with Crippen LogP contribution in [0.25, 0.3) is 65.8 Å². The Morgan fingerprint density at radius 1 is 0.281 bits per heavy atom. The second-order valence-electron chi connectivity index (χ2n) is 28.3. The lowest BCUT2D eigenvalue weighted by atomic mass is 9.96. The maximum absolute atomic E-state index is 13.4. The normalized spacial score (nSPS) is 14.8. The zero-order valence-corrected chi connectivity index (χ0v) is 88.7. The van der Waals surface area contributed by atoms with Gasteiger partial charge in [-0.05, 0) is 314 Å². The molecular formula is C103H74Br12O20. The van der Waals surface area contributed by atoms with Crippen molar-refractivity contribution in [2.45, 2.75) is 85.8 Å². The number of phenolic OH excluding ortho intramolecular Hbond substituents is 6. The van der Waals surface area contributed by atoms with Crippen LogP contribution in [0.5, 0.6) is 34.5 Å². The summed E-state index contributed by atoms with van der Waals surface area (Å²) in [6, 6.07) is 9.06. The highest BCUT2D eigenvalue weighted by atomic mass is 79.9. The number of ketones is 6. The molecule has 32 heteroatoms. The minimum absolute atomic E-state index is 0.00232. The number of hydrogen-bond acceptors (Lipinski definition) is 20. The van der Waals surface area contributed by atoms with E-state index >= 15 is 0 Å². The number of carbonyl (C=O) groups is 6. The number of carbonyl (C=O) groups excluding carboxylic acids is 6. The number of aryl methyl sites for hydroxylation is 3. The molecular weight excluding hydrogens is 2520 g/mol. The topological polar surface area (TPSA) is 343 Å². The van der Waals surface area contributed by atoms with Gasteiger partial charge in [-0.25, -0.2) is 0 Å². The number of aliphatic hydroxyl groups is 2. The van der Waals surface area contributed by atoms with Gasteiger partial charge >= 0.3 is 0 Å². The second-order valence-corrected chi connectivity index (χ2v) is 38.1. The predicted molar refractivity (Wildman–Crippen MR) is 562 cm³/mol. The highest BCUT2D eigenvalue weighted by Gasteiger charge is 2.32. The van der Waals surface area contributed by atoms with E-state index in [-0.39, 0.29) is 229 Å². The molecule has 0 aliphatic rings. The number of hydrogen-bond donors (Lipinski definition) is 8. The van der Waals surface area contributed by atoms with Crippen molar-refractivity contribution < 1.29 is 132 Å². The molecule has 0 amide bonds. The lowest BCUT2D eigenvalue weighted by Crippen LogP contribution is -2.06. The summed E-state index contributed by atoms with van der Waals surface area (Å²) in [5.41, 5.74) is -0.737. The highest BCUT2D eigenvalue weighted by molar-refractivity contribution is 9.12. The zero-order valence-electron chi connectivity index (χ0n) is 95.6. The smallest absolute Gasteiger partial charge is 0.197 e. The molecule has 18 aromatic rings. The maximum atomic E-state index is 13.4. The van der Waals surface area contributed by atoms with E-state index < -0.39 is 184 Å². The molecule has 18 rings (SSSR count). The van der Waals surface area contributed by atoms with E-state index in [9.17, 15) is 69.6 Å². The molecule has 0 spiro atoms. The van der Waals surface area contributed by atoms with Gasteiger partial charge in [0.1, 0.15) is 115 Å². The van der Waals surface area contributed by atoms with Crippen molar-refractivity contribution in [2.75, 3.05) is 0 Å². The molecule has 0 aliphatic carbocycles. The molecule has 2 atom stereocenters. The van der Waals surface area contributed by atoms with Crippen molar-refractivity contribution in [2.24, 2.45) is 0 Å². The van der Waals surface area contributed by atoms with Gasteiger partial charge in [0.05, 0.1) is 123 Å². The first-order chi connectivity index (χ1) is 74.9. The summed E-state index contributed by atoms with van der Waals surface area (Å²) >= 11 is 37.0. The van der Waals surface area contributed by atoms with Crippen LogP contribution in [0, 0.1) is 0 Å². The Labute approximate surface area is 908 Å². The predicted octanol–water partition coefficient (Wildman–Crippen LogP) is 32.3. The van der Waals surface area contributed by atoms with Crippen molar-refractivity contribution in [1.82, 2.24) is 0 Å². The molecule has 0 bridgehead atoms. The molecule has 0 saturated heterocycles. The van der Waals surface area contributed by atoms with Gasteiger partial charge in [0.15, 0.2) is 34.7 Å². The number of halogens is 12. The lowest BCUT2D eigenvalue weighted by Gasteiger charge is -2.08.